The molecule has 0 N–H and O–H groups in total. The molecule has 0 aliphatic carbocycles. The minimum absolute atomic E-state index is 0.0207. The van der Waals surface area contributed by atoms with E-state index in [1.807, 2.05) is 0 Å². The van der Waals surface area contributed by atoms with E-state index in [-0.39, 0.29) is 24.2 Å². The molecule has 3 heterocycles. The molecule has 1 saturated heterocycles. The van der Waals surface area contributed by atoms with Crippen LogP contribution in [0.1, 0.15) is 24.2 Å². The Kier molecular flexibility index (Phi) is 2.78. The van der Waals surface area contributed by atoms with Crippen LogP contribution in [-0.2, 0) is 14.2 Å². The molecular formula is C11H14N4O3. The molecule has 3 rings (SSSR count). The molecule has 0 radical (unpaired) electrons. The SMILES string of the molecule is COC1OC(OC)[C@@H]2[C@H]1C(CC#N)c1ncnn12. The molecule has 0 aromatic carbocycles. The Labute approximate surface area is 104 Å². The lowest BCUT2D eigenvalue weighted by atomic mass is 9.88. The van der Waals surface area contributed by atoms with Crippen LogP contribution in [0.25, 0.3) is 0 Å². The molecule has 7 heteroatoms. The van der Waals surface area contributed by atoms with Gasteiger partial charge in [0, 0.05) is 32.5 Å². The first-order valence-corrected chi connectivity index (χ1v) is 5.79. The molecule has 0 spiro atoms. The van der Waals surface area contributed by atoms with Gasteiger partial charge in [-0.1, -0.05) is 0 Å². The van der Waals surface area contributed by atoms with Crippen LogP contribution < -0.4 is 0 Å². The summed E-state index contributed by atoms with van der Waals surface area (Å²) in [6, 6.07) is 2.12. The quantitative estimate of drug-likeness (QED) is 0.773. The van der Waals surface area contributed by atoms with Gasteiger partial charge in [-0.05, 0) is 0 Å². The predicted octanol–water partition coefficient (Wildman–Crippen LogP) is 0.421. The maximum atomic E-state index is 8.97. The lowest BCUT2D eigenvalue weighted by molar-refractivity contribution is -0.199. The first-order valence-electron chi connectivity index (χ1n) is 5.79. The summed E-state index contributed by atoms with van der Waals surface area (Å²) < 4.78 is 18.2. The van der Waals surface area contributed by atoms with E-state index in [1.165, 1.54) is 6.33 Å². The van der Waals surface area contributed by atoms with E-state index in [4.69, 9.17) is 19.5 Å². The van der Waals surface area contributed by atoms with Gasteiger partial charge in [-0.15, -0.1) is 0 Å². The second-order valence-electron chi connectivity index (χ2n) is 4.44. The molecule has 2 aliphatic rings. The normalized spacial score (nSPS) is 37.3. The molecule has 1 aromatic heterocycles. The van der Waals surface area contributed by atoms with Crippen molar-refractivity contribution in [3.05, 3.63) is 12.2 Å². The van der Waals surface area contributed by atoms with E-state index in [1.54, 1.807) is 18.9 Å². The number of fused-ring (bicyclic) bond motifs is 3. The average Bonchev–Trinajstić information content (AvgIpc) is 3.03. The first-order chi connectivity index (χ1) is 8.81. The summed E-state index contributed by atoms with van der Waals surface area (Å²) in [5.74, 6) is 0.822. The van der Waals surface area contributed by atoms with Crippen molar-refractivity contribution in [2.75, 3.05) is 14.2 Å². The molecule has 2 aliphatic heterocycles. The van der Waals surface area contributed by atoms with Crippen LogP contribution in [0.2, 0.25) is 0 Å². The third kappa shape index (κ3) is 1.40. The number of nitriles is 1. The summed E-state index contributed by atoms with van der Waals surface area (Å²) in [4.78, 5) is 4.25. The van der Waals surface area contributed by atoms with Gasteiger partial charge in [0.05, 0.1) is 6.07 Å². The summed E-state index contributed by atoms with van der Waals surface area (Å²) in [6.45, 7) is 0. The van der Waals surface area contributed by atoms with Crippen LogP contribution in [-0.4, -0.2) is 41.6 Å². The second-order valence-corrected chi connectivity index (χ2v) is 4.44. The fourth-order valence-corrected chi connectivity index (χ4v) is 3.01. The first kappa shape index (κ1) is 11.6. The van der Waals surface area contributed by atoms with E-state index in [2.05, 4.69) is 16.2 Å². The topological polar surface area (TPSA) is 82.2 Å². The zero-order valence-corrected chi connectivity index (χ0v) is 10.2. The Balaban J connectivity index is 2.02. The molecule has 0 amide bonds. The standard InChI is InChI=1S/C11H14N4O3/c1-16-10-7-6(3-4-12)9-13-5-14-15(9)8(7)11(17-2)18-10/h5-8,10-11H,3H2,1-2H3/t6?,7-,8+,10?,11?/m1/s1. The monoisotopic (exact) mass is 250 g/mol. The maximum absolute atomic E-state index is 8.97. The highest BCUT2D eigenvalue weighted by atomic mass is 16.8. The van der Waals surface area contributed by atoms with Gasteiger partial charge in [0.2, 0.25) is 0 Å². The Morgan fingerprint density at radius 2 is 2.22 bits per heavy atom. The Morgan fingerprint density at radius 3 is 2.89 bits per heavy atom. The highest BCUT2D eigenvalue weighted by Crippen LogP contribution is 2.51. The van der Waals surface area contributed by atoms with Gasteiger partial charge in [-0.2, -0.15) is 10.4 Å². The number of aromatic nitrogens is 3. The summed E-state index contributed by atoms with van der Waals surface area (Å²) in [7, 11) is 3.19. The van der Waals surface area contributed by atoms with Crippen molar-refractivity contribution in [2.24, 2.45) is 5.92 Å². The van der Waals surface area contributed by atoms with Crippen molar-refractivity contribution in [1.82, 2.24) is 14.8 Å². The van der Waals surface area contributed by atoms with Crippen molar-refractivity contribution >= 4 is 0 Å². The molecule has 3 unspecified atom stereocenters. The van der Waals surface area contributed by atoms with Gasteiger partial charge in [-0.25, -0.2) is 9.67 Å². The van der Waals surface area contributed by atoms with Gasteiger partial charge in [0.15, 0.2) is 12.6 Å². The lowest BCUT2D eigenvalue weighted by Gasteiger charge is -2.19. The van der Waals surface area contributed by atoms with Crippen molar-refractivity contribution < 1.29 is 14.2 Å². The Morgan fingerprint density at radius 1 is 1.44 bits per heavy atom. The van der Waals surface area contributed by atoms with Gasteiger partial charge < -0.3 is 14.2 Å². The summed E-state index contributed by atoms with van der Waals surface area (Å²) in [5, 5.41) is 13.2. The number of methoxy groups -OCH3 is 2. The molecular weight excluding hydrogens is 236 g/mol. The van der Waals surface area contributed by atoms with Crippen LogP contribution in [0, 0.1) is 17.2 Å². The van der Waals surface area contributed by atoms with Crippen LogP contribution in [0.15, 0.2) is 6.33 Å². The fourth-order valence-electron chi connectivity index (χ4n) is 3.01. The lowest BCUT2D eigenvalue weighted by Crippen LogP contribution is -2.24. The number of hydrogen-bond donors (Lipinski definition) is 0. The van der Waals surface area contributed by atoms with E-state index < -0.39 is 6.29 Å². The van der Waals surface area contributed by atoms with Crippen LogP contribution in [0.3, 0.4) is 0 Å². The second kappa shape index (κ2) is 4.31. The molecule has 1 aromatic rings. The summed E-state index contributed by atoms with van der Waals surface area (Å²) in [6.07, 6.45) is 1.08. The smallest absolute Gasteiger partial charge is 0.183 e. The maximum Gasteiger partial charge on any atom is 0.183 e. The molecule has 1 fully saturated rings. The van der Waals surface area contributed by atoms with Crippen molar-refractivity contribution in [3.63, 3.8) is 0 Å². The van der Waals surface area contributed by atoms with Crippen molar-refractivity contribution in [2.45, 2.75) is 31.0 Å². The minimum Gasteiger partial charge on any atom is -0.355 e. The molecule has 7 nitrogen and oxygen atoms in total. The molecule has 0 saturated carbocycles. The van der Waals surface area contributed by atoms with Crippen LogP contribution in [0.4, 0.5) is 0 Å². The summed E-state index contributed by atoms with van der Waals surface area (Å²) in [5.41, 5.74) is 0. The van der Waals surface area contributed by atoms with E-state index >= 15 is 0 Å². The Hall–Kier alpha value is -1.49. The van der Waals surface area contributed by atoms with Gasteiger partial charge >= 0.3 is 0 Å². The highest BCUT2D eigenvalue weighted by Gasteiger charge is 2.56. The Bertz CT molecular complexity index is 483. The number of ether oxygens (including phenoxy) is 3. The third-order valence-electron chi connectivity index (χ3n) is 3.71. The number of hydrogen-bond acceptors (Lipinski definition) is 6. The largest absolute Gasteiger partial charge is 0.355 e. The van der Waals surface area contributed by atoms with Crippen molar-refractivity contribution in [3.8, 4) is 6.07 Å². The fraction of sp³-hybridized carbons (Fsp3) is 0.727. The van der Waals surface area contributed by atoms with E-state index in [0.29, 0.717) is 6.42 Å². The molecule has 5 atom stereocenters. The van der Waals surface area contributed by atoms with Crippen molar-refractivity contribution in [1.29, 1.82) is 5.26 Å². The third-order valence-corrected chi connectivity index (χ3v) is 3.71. The number of rotatable bonds is 3. The van der Waals surface area contributed by atoms with E-state index in [9.17, 15) is 0 Å². The van der Waals surface area contributed by atoms with E-state index in [0.717, 1.165) is 5.82 Å². The van der Waals surface area contributed by atoms with Crippen LogP contribution >= 0.6 is 0 Å². The molecule has 18 heavy (non-hydrogen) atoms. The number of nitrogens with zero attached hydrogens (tertiary/aromatic N) is 4. The average molecular weight is 250 g/mol. The highest BCUT2D eigenvalue weighted by molar-refractivity contribution is 5.15. The van der Waals surface area contributed by atoms with Gasteiger partial charge in [0.1, 0.15) is 18.2 Å². The van der Waals surface area contributed by atoms with Gasteiger partial charge in [0.25, 0.3) is 0 Å². The molecule has 0 bridgehead atoms. The zero-order valence-electron chi connectivity index (χ0n) is 10.2. The molecule has 96 valence electrons. The zero-order chi connectivity index (χ0) is 12.7. The van der Waals surface area contributed by atoms with Crippen LogP contribution in [0.5, 0.6) is 0 Å². The minimum atomic E-state index is -0.413. The predicted molar refractivity (Wildman–Crippen MR) is 58.2 cm³/mol. The van der Waals surface area contributed by atoms with Gasteiger partial charge in [-0.3, -0.25) is 0 Å². The summed E-state index contributed by atoms with van der Waals surface area (Å²) >= 11 is 0.